The molecule has 1 aliphatic heterocycles. The molecule has 0 aromatic rings. The van der Waals surface area contributed by atoms with Gasteiger partial charge in [0.25, 0.3) is 0 Å². The van der Waals surface area contributed by atoms with E-state index in [0.29, 0.717) is 25.7 Å². The van der Waals surface area contributed by atoms with E-state index < -0.39 is 18.0 Å². The first-order valence-corrected chi connectivity index (χ1v) is 7.97. The highest BCUT2D eigenvalue weighted by atomic mass is 16.2. The lowest BCUT2D eigenvalue weighted by Crippen LogP contribution is -2.55. The number of amides is 3. The Hall–Kier alpha value is -1.96. The molecule has 1 saturated heterocycles. The van der Waals surface area contributed by atoms with E-state index in [9.17, 15) is 19.2 Å². The highest BCUT2D eigenvalue weighted by Gasteiger charge is 2.36. The van der Waals surface area contributed by atoms with Gasteiger partial charge in [-0.25, -0.2) is 0 Å². The van der Waals surface area contributed by atoms with Gasteiger partial charge in [-0.3, -0.25) is 14.4 Å². The van der Waals surface area contributed by atoms with E-state index in [1.807, 2.05) is 13.8 Å². The van der Waals surface area contributed by atoms with Crippen molar-refractivity contribution in [2.24, 2.45) is 11.7 Å². The van der Waals surface area contributed by atoms with Crippen LogP contribution in [-0.2, 0) is 19.2 Å². The number of likely N-dealkylation sites (tertiary alicyclic amines) is 1. The van der Waals surface area contributed by atoms with Crippen LogP contribution in [0.25, 0.3) is 0 Å². The Morgan fingerprint density at radius 1 is 1.39 bits per heavy atom. The second kappa shape index (κ2) is 9.24. The summed E-state index contributed by atoms with van der Waals surface area (Å²) < 4.78 is 0. The Kier molecular flexibility index (Phi) is 7.67. The Morgan fingerprint density at radius 3 is 2.65 bits per heavy atom. The van der Waals surface area contributed by atoms with E-state index in [0.717, 1.165) is 6.42 Å². The van der Waals surface area contributed by atoms with Gasteiger partial charge in [0, 0.05) is 6.54 Å². The summed E-state index contributed by atoms with van der Waals surface area (Å²) in [7, 11) is 0. The Morgan fingerprint density at radius 2 is 2.09 bits per heavy atom. The predicted octanol–water partition coefficient (Wildman–Crippen LogP) is -1.22. The van der Waals surface area contributed by atoms with Crippen LogP contribution in [0.15, 0.2) is 0 Å². The normalized spacial score (nSPS) is 19.8. The summed E-state index contributed by atoms with van der Waals surface area (Å²) in [5, 5.41) is 5.19. The minimum absolute atomic E-state index is 0.0920. The maximum absolute atomic E-state index is 12.5. The van der Waals surface area contributed by atoms with Crippen molar-refractivity contribution in [3.05, 3.63) is 0 Å². The number of carbonyl (C=O) groups excluding carboxylic acids is 4. The highest BCUT2D eigenvalue weighted by molar-refractivity contribution is 5.93. The van der Waals surface area contributed by atoms with E-state index in [2.05, 4.69) is 10.6 Å². The van der Waals surface area contributed by atoms with Crippen molar-refractivity contribution < 1.29 is 19.2 Å². The third-order valence-corrected chi connectivity index (χ3v) is 4.20. The smallest absolute Gasteiger partial charge is 0.243 e. The number of hydrogen-bond acceptors (Lipinski definition) is 5. The summed E-state index contributed by atoms with van der Waals surface area (Å²) in [5.74, 6) is -1.11. The molecule has 0 spiro atoms. The molecule has 130 valence electrons. The van der Waals surface area contributed by atoms with Gasteiger partial charge in [-0.05, 0) is 18.8 Å². The van der Waals surface area contributed by atoms with Gasteiger partial charge in [-0.15, -0.1) is 0 Å². The molecule has 8 nitrogen and oxygen atoms in total. The third kappa shape index (κ3) is 5.02. The lowest BCUT2D eigenvalue weighted by molar-refractivity contribution is -0.139. The summed E-state index contributed by atoms with van der Waals surface area (Å²) in [4.78, 5) is 48.3. The molecule has 1 rings (SSSR count). The molecule has 23 heavy (non-hydrogen) atoms. The molecular weight excluding hydrogens is 300 g/mol. The van der Waals surface area contributed by atoms with Gasteiger partial charge in [-0.1, -0.05) is 20.3 Å². The van der Waals surface area contributed by atoms with E-state index in [1.165, 1.54) is 4.90 Å². The first-order valence-electron chi connectivity index (χ1n) is 7.97. The summed E-state index contributed by atoms with van der Waals surface area (Å²) in [5.41, 5.74) is 5.37. The first-order chi connectivity index (χ1) is 11.0. The largest absolute Gasteiger partial charge is 0.348 e. The van der Waals surface area contributed by atoms with Gasteiger partial charge in [-0.2, -0.15) is 0 Å². The van der Waals surface area contributed by atoms with E-state index in [-0.39, 0.29) is 30.8 Å². The monoisotopic (exact) mass is 326 g/mol. The lowest BCUT2D eigenvalue weighted by atomic mass is 9.97. The summed E-state index contributed by atoms with van der Waals surface area (Å²) in [6.07, 6.45) is 2.57. The fourth-order valence-corrected chi connectivity index (χ4v) is 2.66. The van der Waals surface area contributed by atoms with Crippen LogP contribution in [0.2, 0.25) is 0 Å². The van der Waals surface area contributed by atoms with Crippen LogP contribution in [-0.4, -0.2) is 60.6 Å². The summed E-state index contributed by atoms with van der Waals surface area (Å²) >= 11 is 0. The number of hydrogen-bond donors (Lipinski definition) is 3. The standard InChI is InChI=1S/C15H26N4O4/c1-3-10(2)13(15(23)17-6-8-20)18-14(22)11-5-4-7-19(11)12(21)9-16/h8,10-11,13H,3-7,9,16H2,1-2H3,(H,17,23)(H,18,22)/t10-,11-,13-/m0/s1. The van der Waals surface area contributed by atoms with Crippen molar-refractivity contribution in [2.45, 2.75) is 45.2 Å². The SMILES string of the molecule is CC[C@H](C)[C@H](NC(=O)[C@@H]1CCCN1C(=O)CN)C(=O)NCC=O. The van der Waals surface area contributed by atoms with E-state index in [1.54, 1.807) is 0 Å². The quantitative estimate of drug-likeness (QED) is 0.483. The van der Waals surface area contributed by atoms with Crippen LogP contribution >= 0.6 is 0 Å². The molecule has 4 N–H and O–H groups in total. The number of rotatable bonds is 8. The molecule has 0 radical (unpaired) electrons. The third-order valence-electron chi connectivity index (χ3n) is 4.20. The average Bonchev–Trinajstić information content (AvgIpc) is 3.05. The van der Waals surface area contributed by atoms with E-state index in [4.69, 9.17) is 5.73 Å². The molecule has 0 unspecified atom stereocenters. The maximum Gasteiger partial charge on any atom is 0.243 e. The molecule has 1 heterocycles. The predicted molar refractivity (Wildman–Crippen MR) is 84.2 cm³/mol. The molecule has 1 fully saturated rings. The zero-order valence-electron chi connectivity index (χ0n) is 13.7. The molecule has 0 aromatic heterocycles. The average molecular weight is 326 g/mol. The minimum atomic E-state index is -0.733. The molecule has 0 aliphatic carbocycles. The molecule has 8 heteroatoms. The van der Waals surface area contributed by atoms with Gasteiger partial charge in [0.1, 0.15) is 18.4 Å². The number of nitrogens with one attached hydrogen (secondary N) is 2. The van der Waals surface area contributed by atoms with Crippen molar-refractivity contribution >= 4 is 24.0 Å². The Bertz CT molecular complexity index is 455. The van der Waals surface area contributed by atoms with Crippen molar-refractivity contribution in [2.75, 3.05) is 19.6 Å². The fraction of sp³-hybridized carbons (Fsp3) is 0.733. The van der Waals surface area contributed by atoms with Crippen molar-refractivity contribution in [3.63, 3.8) is 0 Å². The molecule has 3 amide bonds. The maximum atomic E-state index is 12.5. The van der Waals surface area contributed by atoms with Crippen LogP contribution in [0, 0.1) is 5.92 Å². The van der Waals surface area contributed by atoms with Crippen molar-refractivity contribution in [1.82, 2.24) is 15.5 Å². The van der Waals surface area contributed by atoms with Crippen molar-refractivity contribution in [1.29, 1.82) is 0 Å². The molecule has 0 aromatic carbocycles. The topological polar surface area (TPSA) is 122 Å². The number of carbonyl (C=O) groups is 4. The van der Waals surface area contributed by atoms with Gasteiger partial charge < -0.3 is 26.1 Å². The van der Waals surface area contributed by atoms with Gasteiger partial charge in [0.2, 0.25) is 17.7 Å². The number of nitrogens with zero attached hydrogens (tertiary/aromatic N) is 1. The van der Waals surface area contributed by atoms with Crippen LogP contribution in [0.1, 0.15) is 33.1 Å². The Balaban J connectivity index is 2.77. The van der Waals surface area contributed by atoms with Crippen molar-refractivity contribution in [3.8, 4) is 0 Å². The zero-order valence-corrected chi connectivity index (χ0v) is 13.7. The van der Waals surface area contributed by atoms with Crippen LogP contribution < -0.4 is 16.4 Å². The van der Waals surface area contributed by atoms with Gasteiger partial charge in [0.05, 0.1) is 13.1 Å². The van der Waals surface area contributed by atoms with Gasteiger partial charge >= 0.3 is 0 Å². The second-order valence-corrected chi connectivity index (χ2v) is 5.73. The minimum Gasteiger partial charge on any atom is -0.348 e. The van der Waals surface area contributed by atoms with Crippen LogP contribution in [0.3, 0.4) is 0 Å². The lowest BCUT2D eigenvalue weighted by Gasteiger charge is -2.28. The highest BCUT2D eigenvalue weighted by Crippen LogP contribution is 2.18. The van der Waals surface area contributed by atoms with Crippen LogP contribution in [0.5, 0.6) is 0 Å². The molecule has 3 atom stereocenters. The molecule has 1 aliphatic rings. The van der Waals surface area contributed by atoms with Crippen LogP contribution in [0.4, 0.5) is 0 Å². The zero-order chi connectivity index (χ0) is 17.4. The van der Waals surface area contributed by atoms with E-state index >= 15 is 0 Å². The Labute approximate surface area is 136 Å². The molecule has 0 bridgehead atoms. The number of nitrogens with two attached hydrogens (primary N) is 1. The summed E-state index contributed by atoms with van der Waals surface area (Å²) in [6.45, 7) is 4.03. The number of aldehydes is 1. The first kappa shape index (κ1) is 19.1. The summed E-state index contributed by atoms with van der Waals surface area (Å²) in [6, 6.07) is -1.32. The second-order valence-electron chi connectivity index (χ2n) is 5.73. The molecular formula is C15H26N4O4. The molecule has 0 saturated carbocycles. The van der Waals surface area contributed by atoms with Gasteiger partial charge in [0.15, 0.2) is 0 Å². The fourth-order valence-electron chi connectivity index (χ4n) is 2.66.